The van der Waals surface area contributed by atoms with E-state index in [0.29, 0.717) is 0 Å². The standard InChI is InChI=1S/C10H12N2S/c11-10-12(6-7-13-10)8-9-4-2-1-3-5-9/h1-5,11H,6-8H2/p+1. The third-order valence-corrected chi connectivity index (χ3v) is 3.08. The van der Waals surface area contributed by atoms with Gasteiger partial charge in [-0.05, 0) is 17.3 Å². The molecule has 0 amide bonds. The fourth-order valence-corrected chi connectivity index (χ4v) is 2.28. The van der Waals surface area contributed by atoms with Gasteiger partial charge < -0.3 is 0 Å². The Bertz CT molecular complexity index is 319. The Morgan fingerprint density at radius 1 is 1.31 bits per heavy atom. The third-order valence-electron chi connectivity index (χ3n) is 2.14. The van der Waals surface area contributed by atoms with Crippen LogP contribution in [0.2, 0.25) is 0 Å². The molecular weight excluding hydrogens is 180 g/mol. The topological polar surface area (TPSA) is 29.0 Å². The van der Waals surface area contributed by atoms with Crippen molar-refractivity contribution in [2.45, 2.75) is 6.54 Å². The number of amidine groups is 1. The average Bonchev–Trinajstić information content (AvgIpc) is 2.54. The van der Waals surface area contributed by atoms with Crippen molar-refractivity contribution < 1.29 is 4.58 Å². The number of nitrogens with two attached hydrogens (primary N) is 1. The lowest BCUT2D eigenvalue weighted by Gasteiger charge is -2.01. The Balaban J connectivity index is 2.11. The van der Waals surface area contributed by atoms with Crippen LogP contribution in [0.4, 0.5) is 0 Å². The molecule has 0 spiro atoms. The van der Waals surface area contributed by atoms with E-state index in [9.17, 15) is 0 Å². The maximum atomic E-state index is 5.83. The normalized spacial score (nSPS) is 16.6. The highest BCUT2D eigenvalue weighted by atomic mass is 32.2. The SMILES string of the molecule is NC1=[N+](Cc2ccccc2)CCS1. The first kappa shape index (κ1) is 8.63. The van der Waals surface area contributed by atoms with Crippen molar-refractivity contribution in [1.29, 1.82) is 0 Å². The predicted molar refractivity (Wildman–Crippen MR) is 56.9 cm³/mol. The van der Waals surface area contributed by atoms with E-state index >= 15 is 0 Å². The first-order valence-electron chi connectivity index (χ1n) is 4.40. The zero-order chi connectivity index (χ0) is 9.10. The molecular formula is C10H13N2S+. The lowest BCUT2D eigenvalue weighted by molar-refractivity contribution is -0.534. The van der Waals surface area contributed by atoms with E-state index in [2.05, 4.69) is 28.8 Å². The summed E-state index contributed by atoms with van der Waals surface area (Å²) in [7, 11) is 0. The monoisotopic (exact) mass is 193 g/mol. The van der Waals surface area contributed by atoms with Gasteiger partial charge in [-0.15, -0.1) is 0 Å². The first-order chi connectivity index (χ1) is 6.36. The minimum Gasteiger partial charge on any atom is -0.281 e. The highest BCUT2D eigenvalue weighted by molar-refractivity contribution is 8.13. The van der Waals surface area contributed by atoms with E-state index in [1.54, 1.807) is 11.8 Å². The summed E-state index contributed by atoms with van der Waals surface area (Å²) in [4.78, 5) is 0. The van der Waals surface area contributed by atoms with Gasteiger partial charge in [0.25, 0.3) is 0 Å². The number of thioether (sulfide) groups is 1. The maximum absolute atomic E-state index is 5.83. The summed E-state index contributed by atoms with van der Waals surface area (Å²) in [6.45, 7) is 2.02. The Morgan fingerprint density at radius 2 is 2.08 bits per heavy atom. The molecule has 1 heterocycles. The summed E-state index contributed by atoms with van der Waals surface area (Å²) in [5.74, 6) is 1.12. The fourth-order valence-electron chi connectivity index (χ4n) is 1.42. The number of nitrogens with zero attached hydrogens (tertiary/aromatic N) is 1. The van der Waals surface area contributed by atoms with E-state index in [-0.39, 0.29) is 0 Å². The summed E-state index contributed by atoms with van der Waals surface area (Å²) in [5, 5.41) is 0.962. The lowest BCUT2D eigenvalue weighted by Crippen LogP contribution is -2.20. The second kappa shape index (κ2) is 3.83. The Kier molecular flexibility index (Phi) is 2.54. The molecule has 13 heavy (non-hydrogen) atoms. The van der Waals surface area contributed by atoms with Crippen molar-refractivity contribution in [1.82, 2.24) is 0 Å². The van der Waals surface area contributed by atoms with Crippen molar-refractivity contribution in [2.24, 2.45) is 5.73 Å². The summed E-state index contributed by atoms with van der Waals surface area (Å²) < 4.78 is 2.22. The average molecular weight is 193 g/mol. The molecule has 0 radical (unpaired) electrons. The zero-order valence-corrected chi connectivity index (χ0v) is 8.26. The van der Waals surface area contributed by atoms with E-state index in [1.807, 2.05) is 6.07 Å². The van der Waals surface area contributed by atoms with Gasteiger partial charge in [0, 0.05) is 5.75 Å². The van der Waals surface area contributed by atoms with Crippen LogP contribution >= 0.6 is 11.8 Å². The number of benzene rings is 1. The molecule has 0 unspecified atom stereocenters. The number of hydrogen-bond acceptors (Lipinski definition) is 2. The van der Waals surface area contributed by atoms with Gasteiger partial charge in [0.2, 0.25) is 0 Å². The third kappa shape index (κ3) is 2.04. The Morgan fingerprint density at radius 3 is 2.69 bits per heavy atom. The molecule has 0 aromatic heterocycles. The molecule has 2 nitrogen and oxygen atoms in total. The summed E-state index contributed by atoms with van der Waals surface area (Å²) in [6.07, 6.45) is 0. The van der Waals surface area contributed by atoms with Crippen LogP contribution in [0.15, 0.2) is 30.3 Å². The van der Waals surface area contributed by atoms with E-state index in [4.69, 9.17) is 5.73 Å². The molecule has 1 aliphatic heterocycles. The second-order valence-corrected chi connectivity index (χ2v) is 4.21. The number of rotatable bonds is 2. The molecule has 2 rings (SSSR count). The fraction of sp³-hybridized carbons (Fsp3) is 0.300. The highest BCUT2D eigenvalue weighted by Crippen LogP contribution is 2.10. The van der Waals surface area contributed by atoms with Gasteiger partial charge in [0.1, 0.15) is 6.54 Å². The van der Waals surface area contributed by atoms with Crippen LogP contribution in [0.3, 0.4) is 0 Å². The predicted octanol–water partition coefficient (Wildman–Crippen LogP) is 1.26. The minimum atomic E-state index is 0.944. The second-order valence-electron chi connectivity index (χ2n) is 3.09. The van der Waals surface area contributed by atoms with Gasteiger partial charge in [0.15, 0.2) is 0 Å². The summed E-state index contributed by atoms with van der Waals surface area (Å²) in [6, 6.07) is 10.4. The van der Waals surface area contributed by atoms with Crippen LogP contribution in [0, 0.1) is 0 Å². The van der Waals surface area contributed by atoms with Crippen LogP contribution in [0.1, 0.15) is 5.56 Å². The largest absolute Gasteiger partial charge is 0.304 e. The van der Waals surface area contributed by atoms with Crippen LogP contribution in [-0.4, -0.2) is 22.0 Å². The van der Waals surface area contributed by atoms with Crippen molar-refractivity contribution in [3.8, 4) is 0 Å². The maximum Gasteiger partial charge on any atom is 0.304 e. The number of hydrogen-bond donors (Lipinski definition) is 1. The quantitative estimate of drug-likeness (QED) is 0.716. The molecule has 0 saturated carbocycles. The zero-order valence-electron chi connectivity index (χ0n) is 7.44. The smallest absolute Gasteiger partial charge is 0.281 e. The molecule has 0 fully saturated rings. The molecule has 68 valence electrons. The van der Waals surface area contributed by atoms with Crippen molar-refractivity contribution in [3.05, 3.63) is 35.9 Å². The molecule has 1 aromatic rings. The van der Waals surface area contributed by atoms with Crippen molar-refractivity contribution >= 4 is 16.9 Å². The van der Waals surface area contributed by atoms with Gasteiger partial charge in [-0.2, -0.15) is 0 Å². The van der Waals surface area contributed by atoms with E-state index in [1.165, 1.54) is 5.56 Å². The van der Waals surface area contributed by atoms with E-state index < -0.39 is 0 Å². The van der Waals surface area contributed by atoms with Gasteiger partial charge in [-0.1, -0.05) is 30.3 Å². The minimum absolute atomic E-state index is 0.944. The molecule has 0 atom stereocenters. The molecule has 0 bridgehead atoms. The highest BCUT2D eigenvalue weighted by Gasteiger charge is 2.17. The molecule has 1 aromatic carbocycles. The lowest BCUT2D eigenvalue weighted by atomic mass is 10.2. The van der Waals surface area contributed by atoms with Gasteiger partial charge in [0.05, 0.1) is 6.54 Å². The van der Waals surface area contributed by atoms with Gasteiger partial charge in [-0.25, -0.2) is 0 Å². The van der Waals surface area contributed by atoms with Crippen molar-refractivity contribution in [2.75, 3.05) is 12.3 Å². The van der Waals surface area contributed by atoms with Crippen LogP contribution in [0.5, 0.6) is 0 Å². The Labute approximate surface area is 82.5 Å². The van der Waals surface area contributed by atoms with Gasteiger partial charge >= 0.3 is 5.17 Å². The van der Waals surface area contributed by atoms with Crippen LogP contribution in [0.25, 0.3) is 0 Å². The molecule has 0 saturated heterocycles. The Hall–Kier alpha value is -0.960. The molecule has 1 aliphatic rings. The van der Waals surface area contributed by atoms with Crippen molar-refractivity contribution in [3.63, 3.8) is 0 Å². The van der Waals surface area contributed by atoms with Crippen LogP contribution < -0.4 is 5.73 Å². The first-order valence-corrected chi connectivity index (χ1v) is 5.39. The molecule has 3 heteroatoms. The van der Waals surface area contributed by atoms with Gasteiger partial charge in [-0.3, -0.25) is 10.3 Å². The summed E-state index contributed by atoms with van der Waals surface area (Å²) in [5.41, 5.74) is 7.16. The van der Waals surface area contributed by atoms with E-state index in [0.717, 1.165) is 24.0 Å². The molecule has 0 aliphatic carbocycles. The summed E-state index contributed by atoms with van der Waals surface area (Å²) >= 11 is 1.74. The molecule has 2 N–H and O–H groups in total. The van der Waals surface area contributed by atoms with Crippen LogP contribution in [-0.2, 0) is 6.54 Å².